The second-order valence-corrected chi connectivity index (χ2v) is 4.47. The number of ether oxygens (including phenoxy) is 2. The van der Waals surface area contributed by atoms with Crippen molar-refractivity contribution in [3.8, 4) is 11.5 Å². The fourth-order valence-corrected chi connectivity index (χ4v) is 2.38. The van der Waals surface area contributed by atoms with Crippen LogP contribution in [0.2, 0.25) is 0 Å². The maximum atomic E-state index is 12.5. The lowest BCUT2D eigenvalue weighted by Crippen LogP contribution is -2.13. The second kappa shape index (κ2) is 4.66. The molecule has 0 fully saturated rings. The highest BCUT2D eigenvalue weighted by atomic mass is 16.5. The highest BCUT2D eigenvalue weighted by Gasteiger charge is 2.24. The first-order valence-corrected chi connectivity index (χ1v) is 6.17. The zero-order valence-electron chi connectivity index (χ0n) is 11.7. The molecular formula is C15H12O6. The molecule has 0 amide bonds. The molecule has 0 bridgehead atoms. The normalized spacial score (nSPS) is 11.0. The maximum Gasteiger partial charge on any atom is 0.207 e. The minimum atomic E-state index is -0.456. The SMILES string of the molecule is COc1c2occc2c(OC)c2c(=O)c(C(C)=O)coc12. The molecule has 0 N–H and O–H groups in total. The zero-order chi connectivity index (χ0) is 15.1. The third-order valence-corrected chi connectivity index (χ3v) is 3.33. The molecule has 0 aliphatic heterocycles. The average Bonchev–Trinajstić information content (AvgIpc) is 2.93. The topological polar surface area (TPSA) is 78.9 Å². The zero-order valence-corrected chi connectivity index (χ0v) is 11.7. The van der Waals surface area contributed by atoms with Crippen molar-refractivity contribution in [3.05, 3.63) is 34.4 Å². The molecule has 0 radical (unpaired) electrons. The fourth-order valence-electron chi connectivity index (χ4n) is 2.38. The lowest BCUT2D eigenvalue weighted by molar-refractivity contribution is 0.101. The Hall–Kier alpha value is -2.76. The largest absolute Gasteiger partial charge is 0.495 e. The smallest absolute Gasteiger partial charge is 0.207 e. The number of hydrogen-bond donors (Lipinski definition) is 0. The van der Waals surface area contributed by atoms with Crippen LogP contribution in [0.3, 0.4) is 0 Å². The Bertz CT molecular complexity index is 915. The molecule has 6 nitrogen and oxygen atoms in total. The van der Waals surface area contributed by atoms with E-state index in [0.717, 1.165) is 6.26 Å². The van der Waals surface area contributed by atoms with E-state index in [1.165, 1.54) is 27.4 Å². The molecule has 0 saturated carbocycles. The van der Waals surface area contributed by atoms with Crippen molar-refractivity contribution in [2.75, 3.05) is 14.2 Å². The Morgan fingerprint density at radius 1 is 1.10 bits per heavy atom. The first kappa shape index (κ1) is 13.2. The number of furan rings is 1. The van der Waals surface area contributed by atoms with Gasteiger partial charge in [-0.1, -0.05) is 0 Å². The van der Waals surface area contributed by atoms with Crippen LogP contribution in [0, 0.1) is 0 Å². The van der Waals surface area contributed by atoms with Gasteiger partial charge in [-0.25, -0.2) is 0 Å². The van der Waals surface area contributed by atoms with Gasteiger partial charge in [-0.3, -0.25) is 9.59 Å². The van der Waals surface area contributed by atoms with Crippen LogP contribution in [0.15, 0.2) is 32.2 Å². The van der Waals surface area contributed by atoms with Crippen molar-refractivity contribution in [1.82, 2.24) is 0 Å². The Kier molecular flexibility index (Phi) is 2.94. The first-order chi connectivity index (χ1) is 10.1. The molecule has 6 heteroatoms. The van der Waals surface area contributed by atoms with Gasteiger partial charge in [0.25, 0.3) is 0 Å². The Morgan fingerprint density at radius 3 is 2.43 bits per heavy atom. The van der Waals surface area contributed by atoms with Gasteiger partial charge in [-0.15, -0.1) is 0 Å². The Balaban J connectivity index is 2.63. The standard InChI is InChI=1S/C15H12O6/c1-7(16)9-6-21-14-10(11(9)17)12(18-2)8-4-5-20-13(8)15(14)19-3/h4-6H,1-3H3. The van der Waals surface area contributed by atoms with Gasteiger partial charge in [0.15, 0.2) is 16.9 Å². The van der Waals surface area contributed by atoms with Gasteiger partial charge in [0.2, 0.25) is 11.2 Å². The second-order valence-electron chi connectivity index (χ2n) is 4.47. The van der Waals surface area contributed by atoms with Crippen LogP contribution in [-0.2, 0) is 0 Å². The van der Waals surface area contributed by atoms with Crippen molar-refractivity contribution in [1.29, 1.82) is 0 Å². The summed E-state index contributed by atoms with van der Waals surface area (Å²) in [5.41, 5.74) is 0.111. The molecule has 3 aromatic rings. The van der Waals surface area contributed by atoms with Gasteiger partial charge in [-0.2, -0.15) is 0 Å². The minimum absolute atomic E-state index is 0.0364. The van der Waals surface area contributed by atoms with Crippen LogP contribution in [0.1, 0.15) is 17.3 Å². The molecule has 0 aliphatic rings. The van der Waals surface area contributed by atoms with Gasteiger partial charge in [0.1, 0.15) is 23.0 Å². The maximum absolute atomic E-state index is 12.5. The lowest BCUT2D eigenvalue weighted by atomic mass is 10.1. The molecule has 1 aromatic carbocycles. The minimum Gasteiger partial charge on any atom is -0.495 e. The van der Waals surface area contributed by atoms with Crippen molar-refractivity contribution < 1.29 is 23.1 Å². The third kappa shape index (κ3) is 1.72. The predicted octanol–water partition coefficient (Wildman–Crippen LogP) is 2.76. The average molecular weight is 288 g/mol. The van der Waals surface area contributed by atoms with Gasteiger partial charge in [-0.05, 0) is 13.0 Å². The monoisotopic (exact) mass is 288 g/mol. The van der Waals surface area contributed by atoms with E-state index in [2.05, 4.69) is 0 Å². The van der Waals surface area contributed by atoms with E-state index >= 15 is 0 Å². The van der Waals surface area contributed by atoms with Crippen LogP contribution in [-0.4, -0.2) is 20.0 Å². The summed E-state index contributed by atoms with van der Waals surface area (Å²) in [6.07, 6.45) is 2.59. The van der Waals surface area contributed by atoms with Gasteiger partial charge in [0.05, 0.1) is 25.9 Å². The van der Waals surface area contributed by atoms with Crippen molar-refractivity contribution >= 4 is 27.7 Å². The van der Waals surface area contributed by atoms with Crippen molar-refractivity contribution in [2.24, 2.45) is 0 Å². The van der Waals surface area contributed by atoms with Gasteiger partial charge < -0.3 is 18.3 Å². The number of carbonyl (C=O) groups excluding carboxylic acids is 1. The summed E-state index contributed by atoms with van der Waals surface area (Å²) in [7, 11) is 2.88. The number of Topliss-reactive ketones (excluding diaryl/α,β-unsaturated/α-hetero) is 1. The van der Waals surface area contributed by atoms with E-state index < -0.39 is 5.43 Å². The molecule has 2 aromatic heterocycles. The summed E-state index contributed by atoms with van der Waals surface area (Å²) in [5.74, 6) is 0.211. The van der Waals surface area contributed by atoms with Crippen LogP contribution in [0.25, 0.3) is 21.9 Å². The number of ketones is 1. The molecule has 3 rings (SSSR count). The molecular weight excluding hydrogens is 276 g/mol. The fraction of sp³-hybridized carbons (Fsp3) is 0.200. The number of hydrogen-bond acceptors (Lipinski definition) is 6. The third-order valence-electron chi connectivity index (χ3n) is 3.33. The summed E-state index contributed by atoms with van der Waals surface area (Å²) in [6.45, 7) is 1.30. The van der Waals surface area contributed by atoms with Crippen LogP contribution in [0.5, 0.6) is 11.5 Å². The first-order valence-electron chi connectivity index (χ1n) is 6.17. The van der Waals surface area contributed by atoms with Crippen LogP contribution in [0.4, 0.5) is 0 Å². The van der Waals surface area contributed by atoms with E-state index in [0.29, 0.717) is 16.7 Å². The predicted molar refractivity (Wildman–Crippen MR) is 75.4 cm³/mol. The molecule has 0 unspecified atom stereocenters. The lowest BCUT2D eigenvalue weighted by Gasteiger charge is -2.10. The molecule has 0 saturated heterocycles. The Labute approximate surface area is 118 Å². The summed E-state index contributed by atoms with van der Waals surface area (Å²) in [6, 6.07) is 1.66. The highest BCUT2D eigenvalue weighted by molar-refractivity contribution is 6.08. The summed E-state index contributed by atoms with van der Waals surface area (Å²) in [4.78, 5) is 24.1. The van der Waals surface area contributed by atoms with Gasteiger partial charge >= 0.3 is 0 Å². The summed E-state index contributed by atoms with van der Waals surface area (Å²) in [5, 5.41) is 0.741. The van der Waals surface area contributed by atoms with Crippen molar-refractivity contribution in [3.63, 3.8) is 0 Å². The summed E-state index contributed by atoms with van der Waals surface area (Å²) >= 11 is 0. The molecule has 2 heterocycles. The number of methoxy groups -OCH3 is 2. The molecule has 108 valence electrons. The number of fused-ring (bicyclic) bond motifs is 2. The molecule has 0 spiro atoms. The molecule has 0 atom stereocenters. The highest BCUT2D eigenvalue weighted by Crippen LogP contribution is 2.41. The number of rotatable bonds is 3. The van der Waals surface area contributed by atoms with Crippen molar-refractivity contribution in [2.45, 2.75) is 6.92 Å². The van der Waals surface area contributed by atoms with E-state index in [-0.39, 0.29) is 28.1 Å². The van der Waals surface area contributed by atoms with E-state index in [1.54, 1.807) is 6.07 Å². The quantitative estimate of drug-likeness (QED) is 0.689. The van der Waals surface area contributed by atoms with Gasteiger partial charge in [0, 0.05) is 0 Å². The molecule has 0 aliphatic carbocycles. The van der Waals surface area contributed by atoms with E-state index in [4.69, 9.17) is 18.3 Å². The Morgan fingerprint density at radius 2 is 1.81 bits per heavy atom. The molecule has 21 heavy (non-hydrogen) atoms. The van der Waals surface area contributed by atoms with E-state index in [1.807, 2.05) is 0 Å². The van der Waals surface area contributed by atoms with E-state index in [9.17, 15) is 9.59 Å². The summed E-state index contributed by atoms with van der Waals surface area (Å²) < 4.78 is 21.4. The number of carbonyl (C=O) groups is 1. The van der Waals surface area contributed by atoms with Crippen LogP contribution < -0.4 is 14.9 Å². The van der Waals surface area contributed by atoms with Crippen LogP contribution >= 0.6 is 0 Å². The number of benzene rings is 1.